The lowest BCUT2D eigenvalue weighted by Crippen LogP contribution is -2.28. The second kappa shape index (κ2) is 4.85. The van der Waals surface area contributed by atoms with Gasteiger partial charge in [-0.25, -0.2) is 0 Å². The van der Waals surface area contributed by atoms with Crippen molar-refractivity contribution in [1.82, 2.24) is 10.3 Å². The molecule has 0 amide bonds. The van der Waals surface area contributed by atoms with Crippen molar-refractivity contribution in [1.29, 1.82) is 0 Å². The molecule has 1 aromatic heterocycles. The molecular weight excluding hydrogens is 152 g/mol. The van der Waals surface area contributed by atoms with Gasteiger partial charge in [-0.15, -0.1) is 0 Å². The molecular formula is C9H14N2O. The lowest BCUT2D eigenvalue weighted by molar-refractivity contribution is 0.251. The van der Waals surface area contributed by atoms with Crippen molar-refractivity contribution in [2.24, 2.45) is 0 Å². The number of hydrogen-bond acceptors (Lipinski definition) is 3. The molecule has 0 fully saturated rings. The largest absolute Gasteiger partial charge is 0.395 e. The van der Waals surface area contributed by atoms with E-state index in [0.717, 1.165) is 6.54 Å². The van der Waals surface area contributed by atoms with E-state index in [1.165, 1.54) is 5.56 Å². The van der Waals surface area contributed by atoms with E-state index in [2.05, 4.69) is 10.3 Å². The van der Waals surface area contributed by atoms with Crippen LogP contribution in [0.5, 0.6) is 0 Å². The van der Waals surface area contributed by atoms with Crippen molar-refractivity contribution in [3.8, 4) is 0 Å². The van der Waals surface area contributed by atoms with E-state index in [-0.39, 0.29) is 12.6 Å². The van der Waals surface area contributed by atoms with Gasteiger partial charge in [0.15, 0.2) is 0 Å². The number of hydrogen-bond donors (Lipinski definition) is 2. The molecule has 66 valence electrons. The standard InChI is InChI=1S/C9H14N2O/c1-8(7-12)11-6-9-2-4-10-5-3-9/h2-5,8,11-12H,6-7H2,1H3. The number of aromatic nitrogens is 1. The first-order valence-corrected chi connectivity index (χ1v) is 4.06. The van der Waals surface area contributed by atoms with E-state index in [4.69, 9.17) is 5.11 Å². The molecule has 0 spiro atoms. The zero-order chi connectivity index (χ0) is 8.81. The van der Waals surface area contributed by atoms with Crippen LogP contribution in [0.4, 0.5) is 0 Å². The number of pyridine rings is 1. The zero-order valence-electron chi connectivity index (χ0n) is 7.20. The molecule has 0 aliphatic carbocycles. The van der Waals surface area contributed by atoms with Gasteiger partial charge in [0.1, 0.15) is 0 Å². The van der Waals surface area contributed by atoms with Crippen molar-refractivity contribution >= 4 is 0 Å². The van der Waals surface area contributed by atoms with E-state index in [9.17, 15) is 0 Å². The summed E-state index contributed by atoms with van der Waals surface area (Å²) in [6.45, 7) is 2.90. The Morgan fingerprint density at radius 2 is 2.17 bits per heavy atom. The van der Waals surface area contributed by atoms with Crippen molar-refractivity contribution in [3.63, 3.8) is 0 Å². The third-order valence-electron chi connectivity index (χ3n) is 1.68. The first kappa shape index (κ1) is 9.16. The summed E-state index contributed by atoms with van der Waals surface area (Å²) in [5.74, 6) is 0. The second-order valence-electron chi connectivity index (χ2n) is 2.82. The van der Waals surface area contributed by atoms with Gasteiger partial charge in [0, 0.05) is 25.0 Å². The van der Waals surface area contributed by atoms with Gasteiger partial charge in [-0.1, -0.05) is 0 Å². The molecule has 0 radical (unpaired) electrons. The smallest absolute Gasteiger partial charge is 0.0582 e. The molecule has 0 aliphatic rings. The van der Waals surface area contributed by atoms with Gasteiger partial charge in [-0.05, 0) is 24.6 Å². The van der Waals surface area contributed by atoms with Gasteiger partial charge in [-0.2, -0.15) is 0 Å². The minimum absolute atomic E-state index is 0.151. The predicted octanol–water partition coefficient (Wildman–Crippen LogP) is 0.552. The molecule has 1 rings (SSSR count). The topological polar surface area (TPSA) is 45.1 Å². The first-order valence-electron chi connectivity index (χ1n) is 4.06. The molecule has 1 heterocycles. The maximum Gasteiger partial charge on any atom is 0.0582 e. The number of nitrogens with one attached hydrogen (secondary N) is 1. The third-order valence-corrected chi connectivity index (χ3v) is 1.68. The van der Waals surface area contributed by atoms with E-state index in [0.29, 0.717) is 0 Å². The van der Waals surface area contributed by atoms with Crippen LogP contribution in [0.1, 0.15) is 12.5 Å². The van der Waals surface area contributed by atoms with Crippen LogP contribution in [0.25, 0.3) is 0 Å². The van der Waals surface area contributed by atoms with Gasteiger partial charge in [0.05, 0.1) is 6.61 Å². The molecule has 2 N–H and O–H groups in total. The highest BCUT2D eigenvalue weighted by molar-refractivity contribution is 5.09. The molecule has 1 unspecified atom stereocenters. The van der Waals surface area contributed by atoms with E-state index in [1.54, 1.807) is 12.4 Å². The fourth-order valence-corrected chi connectivity index (χ4v) is 0.857. The second-order valence-corrected chi connectivity index (χ2v) is 2.82. The summed E-state index contributed by atoms with van der Waals surface area (Å²) in [7, 11) is 0. The van der Waals surface area contributed by atoms with E-state index >= 15 is 0 Å². The zero-order valence-corrected chi connectivity index (χ0v) is 7.20. The fourth-order valence-electron chi connectivity index (χ4n) is 0.857. The summed E-state index contributed by atoms with van der Waals surface area (Å²) in [5.41, 5.74) is 1.19. The van der Waals surface area contributed by atoms with Crippen LogP contribution in [-0.4, -0.2) is 22.7 Å². The van der Waals surface area contributed by atoms with Gasteiger partial charge in [-0.3, -0.25) is 4.98 Å². The van der Waals surface area contributed by atoms with Gasteiger partial charge >= 0.3 is 0 Å². The van der Waals surface area contributed by atoms with Crippen LogP contribution in [-0.2, 0) is 6.54 Å². The van der Waals surface area contributed by atoms with Crippen molar-refractivity contribution in [3.05, 3.63) is 30.1 Å². The molecule has 0 saturated carbocycles. The molecule has 0 bridgehead atoms. The molecule has 0 saturated heterocycles. The Morgan fingerprint density at radius 1 is 1.50 bits per heavy atom. The maximum absolute atomic E-state index is 8.74. The summed E-state index contributed by atoms with van der Waals surface area (Å²) >= 11 is 0. The Balaban J connectivity index is 2.33. The van der Waals surface area contributed by atoms with Crippen LogP contribution in [0.2, 0.25) is 0 Å². The Bertz CT molecular complexity index is 213. The monoisotopic (exact) mass is 166 g/mol. The minimum atomic E-state index is 0.151. The Kier molecular flexibility index (Phi) is 3.70. The summed E-state index contributed by atoms with van der Waals surface area (Å²) in [6.07, 6.45) is 3.53. The first-order chi connectivity index (χ1) is 5.83. The Labute approximate surface area is 72.5 Å². The average Bonchev–Trinajstić information content (AvgIpc) is 2.16. The molecule has 1 aromatic rings. The Morgan fingerprint density at radius 3 is 2.75 bits per heavy atom. The van der Waals surface area contributed by atoms with Crippen LogP contribution in [0.15, 0.2) is 24.5 Å². The highest BCUT2D eigenvalue weighted by Gasteiger charge is 1.97. The predicted molar refractivity (Wildman–Crippen MR) is 47.6 cm³/mol. The molecule has 0 aromatic carbocycles. The number of aliphatic hydroxyl groups is 1. The lowest BCUT2D eigenvalue weighted by atomic mass is 10.2. The minimum Gasteiger partial charge on any atom is -0.395 e. The summed E-state index contributed by atoms with van der Waals surface area (Å²) < 4.78 is 0. The maximum atomic E-state index is 8.74. The fraction of sp³-hybridized carbons (Fsp3) is 0.444. The highest BCUT2D eigenvalue weighted by Crippen LogP contribution is 1.95. The van der Waals surface area contributed by atoms with Crippen molar-refractivity contribution < 1.29 is 5.11 Å². The molecule has 3 nitrogen and oxygen atoms in total. The van der Waals surface area contributed by atoms with E-state index in [1.807, 2.05) is 19.1 Å². The van der Waals surface area contributed by atoms with Gasteiger partial charge < -0.3 is 10.4 Å². The third kappa shape index (κ3) is 2.98. The van der Waals surface area contributed by atoms with Gasteiger partial charge in [0.25, 0.3) is 0 Å². The van der Waals surface area contributed by atoms with Crippen LogP contribution in [0.3, 0.4) is 0 Å². The molecule has 0 aliphatic heterocycles. The number of rotatable bonds is 4. The highest BCUT2D eigenvalue weighted by atomic mass is 16.3. The van der Waals surface area contributed by atoms with Crippen LogP contribution in [0, 0.1) is 0 Å². The normalized spacial score (nSPS) is 12.8. The van der Waals surface area contributed by atoms with Crippen molar-refractivity contribution in [2.75, 3.05) is 6.61 Å². The average molecular weight is 166 g/mol. The molecule has 12 heavy (non-hydrogen) atoms. The van der Waals surface area contributed by atoms with Gasteiger partial charge in [0.2, 0.25) is 0 Å². The summed E-state index contributed by atoms with van der Waals surface area (Å²) in [5, 5.41) is 11.9. The summed E-state index contributed by atoms with van der Waals surface area (Å²) in [6, 6.07) is 4.06. The van der Waals surface area contributed by atoms with Crippen LogP contribution >= 0.6 is 0 Å². The number of aliphatic hydroxyl groups excluding tert-OH is 1. The van der Waals surface area contributed by atoms with Crippen LogP contribution < -0.4 is 5.32 Å². The van der Waals surface area contributed by atoms with Crippen molar-refractivity contribution in [2.45, 2.75) is 19.5 Å². The quantitative estimate of drug-likeness (QED) is 0.686. The SMILES string of the molecule is CC(CO)NCc1ccncc1. The lowest BCUT2D eigenvalue weighted by Gasteiger charge is -2.09. The Hall–Kier alpha value is -0.930. The molecule has 1 atom stereocenters. The molecule has 3 heteroatoms. The number of nitrogens with zero attached hydrogens (tertiary/aromatic N) is 1. The summed E-state index contributed by atoms with van der Waals surface area (Å²) in [4.78, 5) is 3.92. The van der Waals surface area contributed by atoms with E-state index < -0.39 is 0 Å².